The molecule has 16 heavy (non-hydrogen) atoms. The Bertz CT molecular complexity index is 466. The summed E-state index contributed by atoms with van der Waals surface area (Å²) in [6.07, 6.45) is 7.03. The van der Waals surface area contributed by atoms with E-state index in [1.54, 1.807) is 12.5 Å². The summed E-state index contributed by atoms with van der Waals surface area (Å²) in [4.78, 5) is 9.66. The van der Waals surface area contributed by atoms with Crippen LogP contribution in [0.4, 0.5) is 5.82 Å². The van der Waals surface area contributed by atoms with E-state index < -0.39 is 0 Å². The van der Waals surface area contributed by atoms with Crippen molar-refractivity contribution in [1.29, 1.82) is 0 Å². The Balaban J connectivity index is 1.83. The second-order valence-corrected chi connectivity index (χ2v) is 4.98. The van der Waals surface area contributed by atoms with E-state index >= 15 is 0 Å². The molecule has 0 amide bonds. The average Bonchev–Trinajstić information content (AvgIpc) is 2.80. The summed E-state index contributed by atoms with van der Waals surface area (Å²) in [6.45, 7) is 0. The van der Waals surface area contributed by atoms with Gasteiger partial charge in [-0.1, -0.05) is 0 Å². The smallest absolute Gasteiger partial charge is 0.129 e. The lowest BCUT2D eigenvalue weighted by atomic mass is 9.94. The standard InChI is InChI=1S/C12H13N3S/c1-2-10(9-5-7-16-11(9)3-1)15-12-4-6-13-8-14-12/h4-8,10H,1-3H2,(H,13,14,15). The highest BCUT2D eigenvalue weighted by Gasteiger charge is 2.20. The van der Waals surface area contributed by atoms with Crippen molar-refractivity contribution in [3.05, 3.63) is 40.5 Å². The van der Waals surface area contributed by atoms with Crippen LogP contribution in [0.15, 0.2) is 30.0 Å². The van der Waals surface area contributed by atoms with Crippen LogP contribution in [0.2, 0.25) is 0 Å². The van der Waals surface area contributed by atoms with E-state index in [0.717, 1.165) is 5.82 Å². The van der Waals surface area contributed by atoms with Gasteiger partial charge in [-0.2, -0.15) is 0 Å². The summed E-state index contributed by atoms with van der Waals surface area (Å²) >= 11 is 1.87. The predicted octanol–water partition coefficient (Wildman–Crippen LogP) is 3.03. The van der Waals surface area contributed by atoms with Gasteiger partial charge in [0.2, 0.25) is 0 Å². The van der Waals surface area contributed by atoms with Crippen molar-refractivity contribution in [3.8, 4) is 0 Å². The third kappa shape index (κ3) is 1.80. The number of rotatable bonds is 2. The highest BCUT2D eigenvalue weighted by Crippen LogP contribution is 2.34. The zero-order chi connectivity index (χ0) is 10.8. The van der Waals surface area contributed by atoms with E-state index in [4.69, 9.17) is 0 Å². The molecule has 0 bridgehead atoms. The first-order valence-corrected chi connectivity index (χ1v) is 6.40. The lowest BCUT2D eigenvalue weighted by Gasteiger charge is -2.23. The summed E-state index contributed by atoms with van der Waals surface area (Å²) in [5.74, 6) is 0.916. The highest BCUT2D eigenvalue weighted by molar-refractivity contribution is 7.10. The van der Waals surface area contributed by atoms with Crippen molar-refractivity contribution in [3.63, 3.8) is 0 Å². The Hall–Kier alpha value is -1.42. The topological polar surface area (TPSA) is 37.8 Å². The molecule has 4 heteroatoms. The second-order valence-electron chi connectivity index (χ2n) is 3.98. The van der Waals surface area contributed by atoms with Gasteiger partial charge in [-0.15, -0.1) is 11.3 Å². The SMILES string of the molecule is c1cc(NC2CCCc3sccc32)ncn1. The van der Waals surface area contributed by atoms with Crippen molar-refractivity contribution in [2.75, 3.05) is 5.32 Å². The maximum Gasteiger partial charge on any atom is 0.129 e. The molecule has 3 rings (SSSR count). The summed E-state index contributed by atoms with van der Waals surface area (Å²) in [7, 11) is 0. The molecule has 2 heterocycles. The van der Waals surface area contributed by atoms with Crippen molar-refractivity contribution in [2.45, 2.75) is 25.3 Å². The van der Waals surface area contributed by atoms with Gasteiger partial charge >= 0.3 is 0 Å². The zero-order valence-electron chi connectivity index (χ0n) is 8.89. The van der Waals surface area contributed by atoms with Gasteiger partial charge in [0.1, 0.15) is 12.1 Å². The van der Waals surface area contributed by atoms with Crippen LogP contribution in [-0.2, 0) is 6.42 Å². The number of aromatic nitrogens is 2. The second kappa shape index (κ2) is 4.22. The number of aryl methyl sites for hydroxylation is 1. The quantitative estimate of drug-likeness (QED) is 0.863. The molecule has 1 unspecified atom stereocenters. The van der Waals surface area contributed by atoms with E-state index in [9.17, 15) is 0 Å². The fourth-order valence-corrected chi connectivity index (χ4v) is 3.18. The highest BCUT2D eigenvalue weighted by atomic mass is 32.1. The van der Waals surface area contributed by atoms with Gasteiger partial charge in [0.05, 0.1) is 6.04 Å². The molecule has 1 aliphatic carbocycles. The minimum atomic E-state index is 0.421. The third-order valence-corrected chi connectivity index (χ3v) is 3.95. The van der Waals surface area contributed by atoms with Crippen LogP contribution in [0.1, 0.15) is 29.3 Å². The molecule has 0 fully saturated rings. The monoisotopic (exact) mass is 231 g/mol. The van der Waals surface area contributed by atoms with Crippen LogP contribution in [0.3, 0.4) is 0 Å². The Labute approximate surface area is 98.6 Å². The number of hydrogen-bond donors (Lipinski definition) is 1. The maximum atomic E-state index is 4.21. The molecule has 82 valence electrons. The third-order valence-electron chi connectivity index (χ3n) is 2.96. The fourth-order valence-electron chi connectivity index (χ4n) is 2.19. The van der Waals surface area contributed by atoms with Gasteiger partial charge in [0, 0.05) is 11.1 Å². The number of anilines is 1. The number of nitrogens with zero attached hydrogens (tertiary/aromatic N) is 2. The van der Waals surface area contributed by atoms with Crippen LogP contribution in [0.25, 0.3) is 0 Å². The molecule has 0 radical (unpaired) electrons. The molecule has 2 aromatic rings. The van der Waals surface area contributed by atoms with Crippen molar-refractivity contribution < 1.29 is 0 Å². The molecule has 1 atom stereocenters. The van der Waals surface area contributed by atoms with Crippen LogP contribution in [0, 0.1) is 0 Å². The lowest BCUT2D eigenvalue weighted by Crippen LogP contribution is -2.16. The fraction of sp³-hybridized carbons (Fsp3) is 0.333. The van der Waals surface area contributed by atoms with Crippen LogP contribution in [-0.4, -0.2) is 9.97 Å². The first-order valence-electron chi connectivity index (χ1n) is 5.52. The molecular formula is C12H13N3S. The summed E-state index contributed by atoms with van der Waals surface area (Å²) in [5, 5.41) is 5.66. The number of thiophene rings is 1. The van der Waals surface area contributed by atoms with E-state index in [1.165, 1.54) is 29.7 Å². The van der Waals surface area contributed by atoms with Gasteiger partial charge in [-0.3, -0.25) is 0 Å². The molecule has 3 nitrogen and oxygen atoms in total. The van der Waals surface area contributed by atoms with Crippen LogP contribution in [0.5, 0.6) is 0 Å². The molecule has 1 aliphatic rings. The van der Waals surface area contributed by atoms with Crippen molar-refractivity contribution >= 4 is 17.2 Å². The van der Waals surface area contributed by atoms with Crippen molar-refractivity contribution in [2.24, 2.45) is 0 Å². The van der Waals surface area contributed by atoms with Crippen LogP contribution < -0.4 is 5.32 Å². The Morgan fingerprint density at radius 1 is 1.38 bits per heavy atom. The number of nitrogens with one attached hydrogen (secondary N) is 1. The van der Waals surface area contributed by atoms with Crippen molar-refractivity contribution in [1.82, 2.24) is 9.97 Å². The predicted molar refractivity (Wildman–Crippen MR) is 65.7 cm³/mol. The average molecular weight is 231 g/mol. The van der Waals surface area contributed by atoms with Gasteiger partial charge in [-0.05, 0) is 42.3 Å². The van der Waals surface area contributed by atoms with Gasteiger partial charge < -0.3 is 5.32 Å². The van der Waals surface area contributed by atoms with Gasteiger partial charge in [0.25, 0.3) is 0 Å². The van der Waals surface area contributed by atoms with E-state index in [1.807, 2.05) is 17.4 Å². The number of fused-ring (bicyclic) bond motifs is 1. The van der Waals surface area contributed by atoms with Gasteiger partial charge in [0.15, 0.2) is 0 Å². The first kappa shape index (κ1) is 9.78. The maximum absolute atomic E-state index is 4.21. The Morgan fingerprint density at radius 3 is 3.25 bits per heavy atom. The van der Waals surface area contributed by atoms with Gasteiger partial charge in [-0.25, -0.2) is 9.97 Å². The molecule has 0 saturated heterocycles. The minimum absolute atomic E-state index is 0.421. The zero-order valence-corrected chi connectivity index (χ0v) is 9.70. The molecule has 0 spiro atoms. The molecule has 0 aromatic carbocycles. The summed E-state index contributed by atoms with van der Waals surface area (Å²) in [6, 6.07) is 4.57. The number of hydrogen-bond acceptors (Lipinski definition) is 4. The molecule has 0 aliphatic heterocycles. The molecule has 1 N–H and O–H groups in total. The minimum Gasteiger partial charge on any atom is -0.363 e. The Kier molecular flexibility index (Phi) is 2.58. The Morgan fingerprint density at radius 2 is 2.38 bits per heavy atom. The molecular weight excluding hydrogens is 218 g/mol. The summed E-state index contributed by atoms with van der Waals surface area (Å²) in [5.41, 5.74) is 1.45. The van der Waals surface area contributed by atoms with E-state index in [-0.39, 0.29) is 0 Å². The first-order chi connectivity index (χ1) is 7.93. The van der Waals surface area contributed by atoms with Crippen LogP contribution >= 0.6 is 11.3 Å². The largest absolute Gasteiger partial charge is 0.363 e. The molecule has 0 saturated carbocycles. The normalized spacial score (nSPS) is 19.1. The van der Waals surface area contributed by atoms with E-state index in [0.29, 0.717) is 6.04 Å². The summed E-state index contributed by atoms with van der Waals surface area (Å²) < 4.78 is 0. The molecule has 2 aromatic heterocycles. The van der Waals surface area contributed by atoms with E-state index in [2.05, 4.69) is 26.7 Å². The lowest BCUT2D eigenvalue weighted by molar-refractivity contribution is 0.607.